The molecule has 1 aromatic carbocycles. The standard InChI is InChI=1S/C23H24N6OS/c1-15-6-8-20(9-7-15)29-16(2)12-18(17(29)3)13-19(14-24)21(30)25-22-26-27-23(31-22)28-10-4-5-11-28/h6-9,12-13H,4-5,10-11H2,1-3H3,(H,25,26,30)/b19-13-. The van der Waals surface area contributed by atoms with Gasteiger partial charge in [0, 0.05) is 30.2 Å². The van der Waals surface area contributed by atoms with Gasteiger partial charge < -0.3 is 9.47 Å². The van der Waals surface area contributed by atoms with Crippen molar-refractivity contribution in [1.82, 2.24) is 14.8 Å². The van der Waals surface area contributed by atoms with Gasteiger partial charge in [-0.1, -0.05) is 29.0 Å². The lowest BCUT2D eigenvalue weighted by Crippen LogP contribution is -2.17. The Balaban J connectivity index is 1.55. The summed E-state index contributed by atoms with van der Waals surface area (Å²) in [6.07, 6.45) is 3.91. The zero-order valence-electron chi connectivity index (χ0n) is 17.8. The minimum absolute atomic E-state index is 0.0297. The Morgan fingerprint density at radius 2 is 1.87 bits per heavy atom. The number of hydrogen-bond donors (Lipinski definition) is 1. The normalized spacial score (nSPS) is 14.0. The number of amides is 1. The molecule has 3 heterocycles. The molecule has 2 aromatic heterocycles. The minimum Gasteiger partial charge on any atom is -0.347 e. The van der Waals surface area contributed by atoms with E-state index in [0.29, 0.717) is 5.13 Å². The van der Waals surface area contributed by atoms with Crippen molar-refractivity contribution in [3.63, 3.8) is 0 Å². The van der Waals surface area contributed by atoms with Crippen LogP contribution in [0.2, 0.25) is 0 Å². The first-order chi connectivity index (χ1) is 15.0. The number of rotatable bonds is 5. The van der Waals surface area contributed by atoms with Crippen molar-refractivity contribution in [2.24, 2.45) is 0 Å². The average molecular weight is 433 g/mol. The predicted octanol–water partition coefficient (Wildman–Crippen LogP) is 4.40. The smallest absolute Gasteiger partial charge is 0.268 e. The fraction of sp³-hybridized carbons (Fsp3) is 0.304. The molecule has 31 heavy (non-hydrogen) atoms. The molecule has 0 bridgehead atoms. The molecule has 7 nitrogen and oxygen atoms in total. The predicted molar refractivity (Wildman–Crippen MR) is 124 cm³/mol. The average Bonchev–Trinajstić information content (AvgIpc) is 3.48. The van der Waals surface area contributed by atoms with Gasteiger partial charge in [0.2, 0.25) is 10.3 Å². The highest BCUT2D eigenvalue weighted by atomic mass is 32.1. The second-order valence-corrected chi connectivity index (χ2v) is 8.66. The highest BCUT2D eigenvalue weighted by molar-refractivity contribution is 7.19. The molecule has 0 radical (unpaired) electrons. The Labute approximate surface area is 185 Å². The van der Waals surface area contributed by atoms with Gasteiger partial charge in [0.25, 0.3) is 5.91 Å². The summed E-state index contributed by atoms with van der Waals surface area (Å²) < 4.78 is 2.12. The van der Waals surface area contributed by atoms with E-state index in [4.69, 9.17) is 0 Å². The van der Waals surface area contributed by atoms with Crippen LogP contribution < -0.4 is 10.2 Å². The second kappa shape index (κ2) is 8.74. The number of carbonyl (C=O) groups is 1. The number of aryl methyl sites for hydroxylation is 2. The van der Waals surface area contributed by atoms with Crippen molar-refractivity contribution in [2.45, 2.75) is 33.6 Å². The SMILES string of the molecule is Cc1ccc(-n2c(C)cc(/C=C(/C#N)C(=O)Nc3nnc(N4CCCC4)s3)c2C)cc1. The van der Waals surface area contributed by atoms with Gasteiger partial charge in [-0.2, -0.15) is 5.26 Å². The number of carbonyl (C=O) groups excluding carboxylic acids is 1. The van der Waals surface area contributed by atoms with Crippen LogP contribution in [0.3, 0.4) is 0 Å². The van der Waals surface area contributed by atoms with Crippen molar-refractivity contribution >= 4 is 33.6 Å². The Kier molecular flexibility index (Phi) is 5.87. The summed E-state index contributed by atoms with van der Waals surface area (Å²) in [4.78, 5) is 14.9. The molecule has 4 rings (SSSR count). The van der Waals surface area contributed by atoms with Crippen LogP contribution >= 0.6 is 11.3 Å². The molecular weight excluding hydrogens is 408 g/mol. The lowest BCUT2D eigenvalue weighted by atomic mass is 10.1. The van der Waals surface area contributed by atoms with E-state index in [1.807, 2.05) is 26.0 Å². The Bertz CT molecular complexity index is 1180. The van der Waals surface area contributed by atoms with Crippen LogP contribution in [0.1, 0.15) is 35.4 Å². The summed E-state index contributed by atoms with van der Waals surface area (Å²) >= 11 is 1.33. The molecule has 1 aliphatic heterocycles. The van der Waals surface area contributed by atoms with E-state index in [-0.39, 0.29) is 5.57 Å². The van der Waals surface area contributed by atoms with Crippen LogP contribution in [-0.2, 0) is 4.79 Å². The van der Waals surface area contributed by atoms with Crippen molar-refractivity contribution in [3.05, 3.63) is 58.4 Å². The van der Waals surface area contributed by atoms with Gasteiger partial charge in [-0.15, -0.1) is 10.2 Å². The number of hydrogen-bond acceptors (Lipinski definition) is 6. The third-order valence-corrected chi connectivity index (χ3v) is 6.34. The van der Waals surface area contributed by atoms with E-state index in [1.54, 1.807) is 6.08 Å². The van der Waals surface area contributed by atoms with Crippen LogP contribution in [0.25, 0.3) is 11.8 Å². The van der Waals surface area contributed by atoms with E-state index in [9.17, 15) is 10.1 Å². The zero-order valence-corrected chi connectivity index (χ0v) is 18.7. The number of nitriles is 1. The molecule has 3 aromatic rings. The van der Waals surface area contributed by atoms with Gasteiger partial charge in [-0.25, -0.2) is 0 Å². The second-order valence-electron chi connectivity index (χ2n) is 7.71. The third kappa shape index (κ3) is 4.37. The summed E-state index contributed by atoms with van der Waals surface area (Å²) in [5, 5.41) is 21.7. The van der Waals surface area contributed by atoms with Crippen molar-refractivity contribution in [3.8, 4) is 11.8 Å². The first-order valence-electron chi connectivity index (χ1n) is 10.2. The van der Waals surface area contributed by atoms with Crippen molar-refractivity contribution in [2.75, 3.05) is 23.3 Å². The molecule has 0 aliphatic carbocycles. The minimum atomic E-state index is -0.480. The Morgan fingerprint density at radius 1 is 1.16 bits per heavy atom. The van der Waals surface area contributed by atoms with E-state index in [0.717, 1.165) is 53.7 Å². The van der Waals surface area contributed by atoms with Gasteiger partial charge in [-0.05, 0) is 63.5 Å². The van der Waals surface area contributed by atoms with Gasteiger partial charge >= 0.3 is 0 Å². The summed E-state index contributed by atoms with van der Waals surface area (Å²) in [6.45, 7) is 7.97. The van der Waals surface area contributed by atoms with E-state index in [2.05, 4.69) is 56.2 Å². The number of benzene rings is 1. The quantitative estimate of drug-likeness (QED) is 0.477. The lowest BCUT2D eigenvalue weighted by Gasteiger charge is -2.10. The number of aromatic nitrogens is 3. The molecule has 0 saturated carbocycles. The largest absolute Gasteiger partial charge is 0.347 e. The molecule has 8 heteroatoms. The summed E-state index contributed by atoms with van der Waals surface area (Å²) in [5.74, 6) is -0.480. The molecule has 0 spiro atoms. The van der Waals surface area contributed by atoms with Crippen LogP contribution in [0, 0.1) is 32.1 Å². The fourth-order valence-electron chi connectivity index (χ4n) is 3.80. The van der Waals surface area contributed by atoms with E-state index in [1.165, 1.54) is 16.9 Å². The van der Waals surface area contributed by atoms with Gasteiger partial charge in [0.05, 0.1) is 0 Å². The third-order valence-electron chi connectivity index (χ3n) is 5.44. The molecule has 1 N–H and O–H groups in total. The number of nitrogens with one attached hydrogen (secondary N) is 1. The monoisotopic (exact) mass is 432 g/mol. The summed E-state index contributed by atoms with van der Waals surface area (Å²) in [6, 6.07) is 12.3. The topological polar surface area (TPSA) is 86.8 Å². The Morgan fingerprint density at radius 3 is 2.55 bits per heavy atom. The Hall–Kier alpha value is -3.44. The molecule has 1 amide bonds. The zero-order chi connectivity index (χ0) is 22.0. The first-order valence-corrected chi connectivity index (χ1v) is 11.1. The molecular formula is C23H24N6OS. The first kappa shape index (κ1) is 20.8. The van der Waals surface area contributed by atoms with Crippen LogP contribution in [0.4, 0.5) is 10.3 Å². The molecule has 0 atom stereocenters. The summed E-state index contributed by atoms with van der Waals surface area (Å²) in [5.41, 5.74) is 5.10. The maximum absolute atomic E-state index is 12.7. The molecule has 1 aliphatic rings. The highest BCUT2D eigenvalue weighted by Gasteiger charge is 2.19. The van der Waals surface area contributed by atoms with Crippen LogP contribution in [0.15, 0.2) is 35.9 Å². The van der Waals surface area contributed by atoms with E-state index >= 15 is 0 Å². The molecule has 158 valence electrons. The molecule has 1 fully saturated rings. The van der Waals surface area contributed by atoms with Gasteiger partial charge in [0.1, 0.15) is 11.6 Å². The maximum Gasteiger partial charge on any atom is 0.268 e. The lowest BCUT2D eigenvalue weighted by molar-refractivity contribution is -0.112. The van der Waals surface area contributed by atoms with Gasteiger partial charge in [0.15, 0.2) is 0 Å². The maximum atomic E-state index is 12.7. The van der Waals surface area contributed by atoms with E-state index < -0.39 is 5.91 Å². The number of anilines is 2. The van der Waals surface area contributed by atoms with Crippen molar-refractivity contribution < 1.29 is 4.79 Å². The fourth-order valence-corrected chi connectivity index (χ4v) is 4.59. The number of nitrogens with zero attached hydrogens (tertiary/aromatic N) is 5. The van der Waals surface area contributed by atoms with Crippen LogP contribution in [-0.4, -0.2) is 33.8 Å². The molecule has 0 unspecified atom stereocenters. The summed E-state index contributed by atoms with van der Waals surface area (Å²) in [7, 11) is 0. The van der Waals surface area contributed by atoms with Crippen molar-refractivity contribution in [1.29, 1.82) is 5.26 Å². The highest BCUT2D eigenvalue weighted by Crippen LogP contribution is 2.28. The van der Waals surface area contributed by atoms with Crippen LogP contribution in [0.5, 0.6) is 0 Å². The molecule has 1 saturated heterocycles. The van der Waals surface area contributed by atoms with Gasteiger partial charge in [-0.3, -0.25) is 10.1 Å².